The zero-order chi connectivity index (χ0) is 25.8. The molecule has 0 unspecified atom stereocenters. The van der Waals surface area contributed by atoms with E-state index in [0.29, 0.717) is 0 Å². The van der Waals surface area contributed by atoms with Gasteiger partial charge in [0.2, 0.25) is 0 Å². The average Bonchev–Trinajstić information content (AvgIpc) is 3.24. The molecule has 1 heterocycles. The normalized spacial score (nSPS) is 13.6. The van der Waals surface area contributed by atoms with Crippen molar-refractivity contribution in [1.82, 2.24) is 5.55 Å². The number of rotatable bonds is 5. The number of nitrogens with zero attached hydrogens (tertiary/aromatic N) is 9. The summed E-state index contributed by atoms with van der Waals surface area (Å²) in [5, 5.41) is 24.2. The van der Waals surface area contributed by atoms with Gasteiger partial charge in [-0.05, 0) is 25.4 Å². The summed E-state index contributed by atoms with van der Waals surface area (Å²) in [6.45, 7) is 26.1. The van der Waals surface area contributed by atoms with E-state index < -0.39 is 25.2 Å². The molecule has 0 aromatic rings. The summed E-state index contributed by atoms with van der Waals surface area (Å²) in [7, 11) is 5.52. The van der Waals surface area contributed by atoms with Gasteiger partial charge in [-0.3, -0.25) is 5.22 Å². The quantitative estimate of drug-likeness (QED) is 0.196. The molecular weight excluding hydrogens is 602 g/mol. The van der Waals surface area contributed by atoms with Gasteiger partial charge in [-0.15, -0.1) is 13.2 Å². The molecule has 0 bridgehead atoms. The molecule has 0 aliphatic carbocycles. The van der Waals surface area contributed by atoms with Crippen LogP contribution in [0.25, 0.3) is 5.43 Å². The van der Waals surface area contributed by atoms with Gasteiger partial charge >= 0.3 is 137 Å². The predicted molar refractivity (Wildman–Crippen MR) is 130 cm³/mol. The third-order valence-electron chi connectivity index (χ3n) is 2.67. The molecule has 12 heteroatoms. The molecule has 0 radical (unpaired) electrons. The third-order valence-corrected chi connectivity index (χ3v) is 6.83. The summed E-state index contributed by atoms with van der Waals surface area (Å²) in [5.74, 6) is 0. The van der Waals surface area contributed by atoms with Gasteiger partial charge in [-0.25, -0.2) is 0 Å². The minimum atomic E-state index is -1.50. The van der Waals surface area contributed by atoms with Crippen LogP contribution in [0.4, 0.5) is 0 Å². The van der Waals surface area contributed by atoms with Gasteiger partial charge in [0.05, 0.1) is 0 Å². The molecule has 0 saturated carbocycles. The van der Waals surface area contributed by atoms with Gasteiger partial charge in [0.25, 0.3) is 0 Å². The summed E-state index contributed by atoms with van der Waals surface area (Å²) in [6, 6.07) is 0. The Morgan fingerprint density at radius 2 is 1.06 bits per heavy atom. The molecule has 33 heavy (non-hydrogen) atoms. The summed E-state index contributed by atoms with van der Waals surface area (Å²) < 4.78 is 8.85. The standard InChI is InChI=1S/3C5H12N3.C4H8O.C2H4.Hg.Li/c3*1-5(2,3)7-8-6-4;1-2-4-5-3-1;1-2;;/h3*1-4H3;1-4H2;1-2H2;;/q3*-1;;;+2;+1. The predicted octanol–water partition coefficient (Wildman–Crippen LogP) is 3.85. The maximum absolute atomic E-state index is 4.94. The summed E-state index contributed by atoms with van der Waals surface area (Å²) in [6.07, 6.45) is 2.56. The van der Waals surface area contributed by atoms with Crippen LogP contribution >= 0.6 is 0 Å². The summed E-state index contributed by atoms with van der Waals surface area (Å²) in [4.78, 5) is 0. The van der Waals surface area contributed by atoms with Crippen molar-refractivity contribution >= 4 is 0 Å². The van der Waals surface area contributed by atoms with Gasteiger partial charge in [-0.2, -0.15) is 0 Å². The SMILES string of the molecule is C1CCOC1.C=C.C[N-]N=NC(C)(C)C.C[N](N=NC(C)(C)C)[Hg][N](C)N=NC(C)(C)C.[Li+]. The smallest absolute Gasteiger partial charge is 1.00 e. The first-order valence-corrected chi connectivity index (χ1v) is 15.8. The van der Waals surface area contributed by atoms with Crippen LogP contribution in [0.5, 0.6) is 0 Å². The fourth-order valence-corrected chi connectivity index (χ4v) is 4.70. The van der Waals surface area contributed by atoms with Crippen LogP contribution < -0.4 is 18.9 Å². The second-order valence-electron chi connectivity index (χ2n) is 10.1. The van der Waals surface area contributed by atoms with Gasteiger partial charge in [0.1, 0.15) is 0 Å². The van der Waals surface area contributed by atoms with Gasteiger partial charge < -0.3 is 15.3 Å². The average molecular weight is 650 g/mol. The van der Waals surface area contributed by atoms with Crippen LogP contribution in [-0.2, 0) is 29.9 Å². The largest absolute Gasteiger partial charge is 1.00 e. The van der Waals surface area contributed by atoms with E-state index in [1.54, 1.807) is 7.05 Å². The molecular formula is C21H48HgLiN9O. The fourth-order valence-electron chi connectivity index (χ4n) is 1.46. The van der Waals surface area contributed by atoms with Crippen molar-refractivity contribution in [1.29, 1.82) is 0 Å². The van der Waals surface area contributed by atoms with Gasteiger partial charge in [0, 0.05) is 13.2 Å². The molecule has 1 aliphatic rings. The zero-order valence-electron chi connectivity index (χ0n) is 23.9. The number of ether oxygens (including phenoxy) is 1. The molecule has 10 nitrogen and oxygen atoms in total. The van der Waals surface area contributed by atoms with E-state index in [2.05, 4.69) is 49.6 Å². The Labute approximate surface area is 229 Å². The van der Waals surface area contributed by atoms with Crippen LogP contribution in [0.15, 0.2) is 44.2 Å². The van der Waals surface area contributed by atoms with Crippen molar-refractivity contribution < 1.29 is 48.8 Å². The maximum atomic E-state index is 4.94. The first-order chi connectivity index (χ1) is 14.6. The Morgan fingerprint density at radius 1 is 0.727 bits per heavy atom. The topological polar surface area (TPSA) is 104 Å². The van der Waals surface area contributed by atoms with E-state index in [9.17, 15) is 0 Å². The van der Waals surface area contributed by atoms with Crippen molar-refractivity contribution in [2.45, 2.75) is 91.8 Å². The molecule has 1 saturated heterocycles. The molecule has 0 N–H and O–H groups in total. The Hall–Kier alpha value is -0.568. The van der Waals surface area contributed by atoms with Crippen molar-refractivity contribution in [2.75, 3.05) is 34.4 Å². The van der Waals surface area contributed by atoms with Crippen LogP contribution in [-0.4, -0.2) is 56.5 Å². The molecule has 186 valence electrons. The number of hydrogen-bond donors (Lipinski definition) is 0. The second-order valence-corrected chi connectivity index (χ2v) is 18.3. The molecule has 1 aliphatic heterocycles. The Kier molecular flexibility index (Phi) is 26.3. The van der Waals surface area contributed by atoms with E-state index in [0.717, 1.165) is 13.2 Å². The summed E-state index contributed by atoms with van der Waals surface area (Å²) >= 11 is -1.50. The Morgan fingerprint density at radius 3 is 1.24 bits per heavy atom. The zero-order valence-corrected chi connectivity index (χ0v) is 29.4. The number of hydrogen-bond acceptors (Lipinski definition) is 7. The molecule has 0 amide bonds. The molecule has 0 aromatic heterocycles. The molecule has 0 spiro atoms. The molecule has 0 aromatic carbocycles. The maximum Gasteiger partial charge on any atom is 1.00 e. The first kappa shape index (κ1) is 39.6. The van der Waals surface area contributed by atoms with Crippen LogP contribution in [0.1, 0.15) is 75.2 Å². The Balaban J connectivity index is -0.000000216. The van der Waals surface area contributed by atoms with E-state index in [-0.39, 0.29) is 35.5 Å². The Bertz CT molecular complexity index is 488. The van der Waals surface area contributed by atoms with Crippen LogP contribution in [0, 0.1) is 0 Å². The van der Waals surface area contributed by atoms with E-state index in [1.165, 1.54) is 12.8 Å². The minimum absolute atomic E-state index is 0. The van der Waals surface area contributed by atoms with Gasteiger partial charge in [-0.1, -0.05) is 20.8 Å². The van der Waals surface area contributed by atoms with E-state index in [1.807, 2.05) is 82.0 Å². The van der Waals surface area contributed by atoms with E-state index >= 15 is 0 Å². The third kappa shape index (κ3) is 42.1. The van der Waals surface area contributed by atoms with Gasteiger partial charge in [0.15, 0.2) is 0 Å². The minimum Gasteiger partial charge on any atom is 1.00 e. The molecule has 1 rings (SSSR count). The molecule has 0 atom stereocenters. The van der Waals surface area contributed by atoms with Crippen molar-refractivity contribution in [3.05, 3.63) is 18.6 Å². The van der Waals surface area contributed by atoms with Crippen molar-refractivity contribution in [3.8, 4) is 0 Å². The van der Waals surface area contributed by atoms with E-state index in [4.69, 9.17) is 4.74 Å². The fraction of sp³-hybridized carbons (Fsp3) is 0.905. The molecule has 1 fully saturated rings. The second kappa shape index (κ2) is 21.9. The van der Waals surface area contributed by atoms with Crippen LogP contribution in [0.2, 0.25) is 0 Å². The van der Waals surface area contributed by atoms with Crippen molar-refractivity contribution in [3.63, 3.8) is 0 Å². The van der Waals surface area contributed by atoms with Crippen LogP contribution in [0.3, 0.4) is 0 Å². The first-order valence-electron chi connectivity index (χ1n) is 10.9. The van der Waals surface area contributed by atoms with Crippen molar-refractivity contribution in [2.24, 2.45) is 31.0 Å². The monoisotopic (exact) mass is 651 g/mol. The summed E-state index contributed by atoms with van der Waals surface area (Å²) in [5.41, 5.74) is 3.16.